The minimum absolute atomic E-state index is 0.0821. The van der Waals surface area contributed by atoms with Crippen LogP contribution in [0.25, 0.3) is 16.7 Å². The average Bonchev–Trinajstić information content (AvgIpc) is 3.22. The lowest BCUT2D eigenvalue weighted by atomic mass is 10.1. The number of benzene rings is 2. The molecule has 0 saturated carbocycles. The fourth-order valence-corrected chi connectivity index (χ4v) is 4.36. The Morgan fingerprint density at radius 3 is 2.36 bits per heavy atom. The number of carbonyl (C=O) groups excluding carboxylic acids is 1. The summed E-state index contributed by atoms with van der Waals surface area (Å²) in [5, 5.41) is 5.52. The summed E-state index contributed by atoms with van der Waals surface area (Å²) in [5.41, 5.74) is 4.60. The summed E-state index contributed by atoms with van der Waals surface area (Å²) in [5.74, 6) is 1.08. The molecule has 1 aliphatic heterocycles. The van der Waals surface area contributed by atoms with Gasteiger partial charge >= 0.3 is 0 Å². The number of hydrogen-bond donors (Lipinski definition) is 0. The lowest BCUT2D eigenvalue weighted by Gasteiger charge is -2.35. The fourth-order valence-electron chi connectivity index (χ4n) is 4.36. The SMILES string of the molecule is Cc1ccc(-n2ncc3c(N4CCN(C(=O)c5ccc(F)cc5)CC4)nc(C)nc32)c(C)c1. The van der Waals surface area contributed by atoms with E-state index in [2.05, 4.69) is 47.0 Å². The molecule has 0 spiro atoms. The number of aromatic nitrogens is 4. The summed E-state index contributed by atoms with van der Waals surface area (Å²) in [7, 11) is 0. The molecule has 1 aliphatic rings. The van der Waals surface area contributed by atoms with Gasteiger partial charge in [0.15, 0.2) is 5.65 Å². The molecule has 168 valence electrons. The van der Waals surface area contributed by atoms with Crippen molar-refractivity contribution in [2.45, 2.75) is 20.8 Å². The van der Waals surface area contributed by atoms with Crippen LogP contribution in [-0.4, -0.2) is 56.7 Å². The van der Waals surface area contributed by atoms with E-state index in [4.69, 9.17) is 4.98 Å². The quantitative estimate of drug-likeness (QED) is 0.480. The second-order valence-corrected chi connectivity index (χ2v) is 8.46. The first-order valence-corrected chi connectivity index (χ1v) is 11.0. The van der Waals surface area contributed by atoms with E-state index in [1.54, 1.807) is 4.90 Å². The molecule has 2 aromatic carbocycles. The summed E-state index contributed by atoms with van der Waals surface area (Å²) >= 11 is 0. The van der Waals surface area contributed by atoms with Gasteiger partial charge in [-0.1, -0.05) is 17.7 Å². The maximum atomic E-state index is 13.2. The van der Waals surface area contributed by atoms with Crippen LogP contribution in [0.5, 0.6) is 0 Å². The monoisotopic (exact) mass is 444 g/mol. The molecule has 0 aliphatic carbocycles. The van der Waals surface area contributed by atoms with E-state index in [0.717, 1.165) is 28.1 Å². The van der Waals surface area contributed by atoms with Gasteiger partial charge in [-0.3, -0.25) is 4.79 Å². The highest BCUT2D eigenvalue weighted by Crippen LogP contribution is 2.28. The smallest absolute Gasteiger partial charge is 0.253 e. The second kappa shape index (κ2) is 8.27. The molecule has 3 heterocycles. The molecule has 8 heteroatoms. The van der Waals surface area contributed by atoms with Crippen LogP contribution in [0.15, 0.2) is 48.7 Å². The molecule has 0 atom stereocenters. The molecular weight excluding hydrogens is 419 g/mol. The summed E-state index contributed by atoms with van der Waals surface area (Å²) in [6, 6.07) is 12.0. The number of aryl methyl sites for hydroxylation is 3. The van der Waals surface area contributed by atoms with E-state index in [1.807, 2.05) is 17.8 Å². The summed E-state index contributed by atoms with van der Waals surface area (Å²) in [6.07, 6.45) is 1.82. The Labute approximate surface area is 191 Å². The molecule has 0 N–H and O–H groups in total. The third-order valence-corrected chi connectivity index (χ3v) is 6.06. The third-order valence-electron chi connectivity index (χ3n) is 6.06. The van der Waals surface area contributed by atoms with Gasteiger partial charge in [0.2, 0.25) is 0 Å². The molecule has 1 amide bonds. The highest BCUT2D eigenvalue weighted by Gasteiger charge is 2.25. The number of hydrogen-bond acceptors (Lipinski definition) is 5. The lowest BCUT2D eigenvalue weighted by Crippen LogP contribution is -2.49. The van der Waals surface area contributed by atoms with Crippen molar-refractivity contribution in [2.75, 3.05) is 31.1 Å². The van der Waals surface area contributed by atoms with Crippen molar-refractivity contribution in [1.29, 1.82) is 0 Å². The number of carbonyl (C=O) groups is 1. The van der Waals surface area contributed by atoms with Gasteiger partial charge < -0.3 is 9.80 Å². The van der Waals surface area contributed by atoms with E-state index in [9.17, 15) is 9.18 Å². The number of rotatable bonds is 3. The highest BCUT2D eigenvalue weighted by molar-refractivity contribution is 5.94. The maximum absolute atomic E-state index is 13.2. The van der Waals surface area contributed by atoms with E-state index in [-0.39, 0.29) is 11.7 Å². The van der Waals surface area contributed by atoms with Crippen LogP contribution in [0.2, 0.25) is 0 Å². The molecule has 4 aromatic rings. The zero-order valence-electron chi connectivity index (χ0n) is 18.9. The fraction of sp³-hybridized carbons (Fsp3) is 0.280. The Morgan fingerprint density at radius 2 is 1.67 bits per heavy atom. The summed E-state index contributed by atoms with van der Waals surface area (Å²) in [6.45, 7) is 8.44. The van der Waals surface area contributed by atoms with Gasteiger partial charge in [0, 0.05) is 31.7 Å². The Bertz CT molecular complexity index is 1340. The first kappa shape index (κ1) is 21.1. The number of nitrogens with zero attached hydrogens (tertiary/aromatic N) is 6. The minimum Gasteiger partial charge on any atom is -0.352 e. The van der Waals surface area contributed by atoms with Crippen LogP contribution in [0.4, 0.5) is 10.2 Å². The molecule has 0 unspecified atom stereocenters. The van der Waals surface area contributed by atoms with Crippen molar-refractivity contribution in [1.82, 2.24) is 24.6 Å². The minimum atomic E-state index is -0.346. The van der Waals surface area contributed by atoms with Crippen LogP contribution in [0.1, 0.15) is 27.3 Å². The maximum Gasteiger partial charge on any atom is 0.253 e. The summed E-state index contributed by atoms with van der Waals surface area (Å²) < 4.78 is 15.1. The Morgan fingerprint density at radius 1 is 0.939 bits per heavy atom. The third kappa shape index (κ3) is 3.92. The van der Waals surface area contributed by atoms with Gasteiger partial charge in [0.1, 0.15) is 17.5 Å². The van der Waals surface area contributed by atoms with Gasteiger partial charge in [0.05, 0.1) is 17.3 Å². The number of fused-ring (bicyclic) bond motifs is 1. The predicted octanol–water partition coefficient (Wildman–Crippen LogP) is 3.84. The van der Waals surface area contributed by atoms with Crippen molar-refractivity contribution >= 4 is 22.8 Å². The topological polar surface area (TPSA) is 67.2 Å². The van der Waals surface area contributed by atoms with Crippen LogP contribution >= 0.6 is 0 Å². The van der Waals surface area contributed by atoms with Gasteiger partial charge in [-0.05, 0) is 56.7 Å². The highest BCUT2D eigenvalue weighted by atomic mass is 19.1. The predicted molar refractivity (Wildman–Crippen MR) is 125 cm³/mol. The van der Waals surface area contributed by atoms with Crippen LogP contribution in [0.3, 0.4) is 0 Å². The Kier molecular flexibility index (Phi) is 5.28. The molecule has 2 aromatic heterocycles. The zero-order chi connectivity index (χ0) is 23.1. The van der Waals surface area contributed by atoms with Crippen molar-refractivity contribution in [3.8, 4) is 5.69 Å². The van der Waals surface area contributed by atoms with E-state index < -0.39 is 0 Å². The Balaban J connectivity index is 1.41. The molecule has 1 fully saturated rings. The van der Waals surface area contributed by atoms with Gasteiger partial charge in [0.25, 0.3) is 5.91 Å². The number of piperazine rings is 1. The van der Waals surface area contributed by atoms with Gasteiger partial charge in [-0.25, -0.2) is 19.0 Å². The molecule has 33 heavy (non-hydrogen) atoms. The molecular formula is C25H25FN6O. The van der Waals surface area contributed by atoms with Crippen molar-refractivity contribution < 1.29 is 9.18 Å². The zero-order valence-corrected chi connectivity index (χ0v) is 18.9. The molecule has 1 saturated heterocycles. The largest absolute Gasteiger partial charge is 0.352 e. The standard InChI is InChI=1S/C25H25FN6O/c1-16-4-9-22(17(2)14-16)32-24-21(15-27-32)23(28-18(3)29-24)30-10-12-31(13-11-30)25(33)19-5-7-20(26)8-6-19/h4-9,14-15H,10-13H2,1-3H3. The van der Waals surface area contributed by atoms with Crippen molar-refractivity contribution in [2.24, 2.45) is 0 Å². The first-order valence-electron chi connectivity index (χ1n) is 11.0. The average molecular weight is 445 g/mol. The van der Waals surface area contributed by atoms with E-state index >= 15 is 0 Å². The number of amides is 1. The van der Waals surface area contributed by atoms with Crippen molar-refractivity contribution in [3.63, 3.8) is 0 Å². The van der Waals surface area contributed by atoms with Crippen LogP contribution in [0, 0.1) is 26.6 Å². The molecule has 0 radical (unpaired) electrons. The lowest BCUT2D eigenvalue weighted by molar-refractivity contribution is 0.0746. The molecule has 7 nitrogen and oxygen atoms in total. The van der Waals surface area contributed by atoms with E-state index in [1.165, 1.54) is 29.8 Å². The van der Waals surface area contributed by atoms with Crippen LogP contribution in [-0.2, 0) is 0 Å². The number of anilines is 1. The summed E-state index contributed by atoms with van der Waals surface area (Å²) in [4.78, 5) is 26.2. The van der Waals surface area contributed by atoms with Crippen molar-refractivity contribution in [3.05, 3.63) is 77.0 Å². The van der Waals surface area contributed by atoms with Gasteiger partial charge in [-0.15, -0.1) is 0 Å². The number of halogens is 1. The second-order valence-electron chi connectivity index (χ2n) is 8.46. The molecule has 0 bridgehead atoms. The first-order chi connectivity index (χ1) is 15.9. The van der Waals surface area contributed by atoms with E-state index in [0.29, 0.717) is 37.6 Å². The normalized spacial score (nSPS) is 14.2. The van der Waals surface area contributed by atoms with Gasteiger partial charge in [-0.2, -0.15) is 5.10 Å². The van der Waals surface area contributed by atoms with Crippen LogP contribution < -0.4 is 4.90 Å². The molecule has 5 rings (SSSR count). The Hall–Kier alpha value is -3.81.